The maximum absolute atomic E-state index is 14.0. The van der Waals surface area contributed by atoms with Crippen molar-refractivity contribution < 1.29 is 19.0 Å². The molecule has 0 bridgehead atoms. The van der Waals surface area contributed by atoms with Gasteiger partial charge in [0.25, 0.3) is 5.91 Å². The fourth-order valence-electron chi connectivity index (χ4n) is 4.87. The average molecular weight is 474 g/mol. The Morgan fingerprint density at radius 3 is 2.83 bits per heavy atom. The predicted molar refractivity (Wildman–Crippen MR) is 128 cm³/mol. The summed E-state index contributed by atoms with van der Waals surface area (Å²) in [4.78, 5) is 24.8. The van der Waals surface area contributed by atoms with Crippen LogP contribution >= 0.6 is 0 Å². The Morgan fingerprint density at radius 1 is 1.23 bits per heavy atom. The summed E-state index contributed by atoms with van der Waals surface area (Å²) < 4.78 is 17.1. The van der Waals surface area contributed by atoms with Crippen LogP contribution in [0.4, 0.5) is 5.82 Å². The molecule has 1 aromatic carbocycles. The Labute approximate surface area is 203 Å². The van der Waals surface area contributed by atoms with Crippen molar-refractivity contribution in [1.29, 1.82) is 5.26 Å². The lowest BCUT2D eigenvalue weighted by Crippen LogP contribution is -2.52. The van der Waals surface area contributed by atoms with Crippen molar-refractivity contribution in [2.45, 2.75) is 45.2 Å². The highest BCUT2D eigenvalue weighted by Gasteiger charge is 2.35. The van der Waals surface area contributed by atoms with Gasteiger partial charge >= 0.3 is 0 Å². The van der Waals surface area contributed by atoms with Gasteiger partial charge in [0.1, 0.15) is 11.9 Å². The minimum absolute atomic E-state index is 0.155. The molecule has 2 N–H and O–H groups in total. The van der Waals surface area contributed by atoms with E-state index in [1.165, 1.54) is 0 Å². The molecule has 2 aliphatic rings. The summed E-state index contributed by atoms with van der Waals surface area (Å²) in [5, 5.41) is 10.1. The molecule has 2 aliphatic heterocycles. The lowest BCUT2D eigenvalue weighted by atomic mass is 10.00. The third kappa shape index (κ3) is 4.32. The second-order valence-electron chi connectivity index (χ2n) is 8.86. The summed E-state index contributed by atoms with van der Waals surface area (Å²) in [6, 6.07) is 10.8. The van der Waals surface area contributed by atoms with Crippen LogP contribution in [0.25, 0.3) is 10.9 Å². The molecule has 1 saturated heterocycles. The van der Waals surface area contributed by atoms with E-state index >= 15 is 0 Å². The predicted octanol–water partition coefficient (Wildman–Crippen LogP) is 2.87. The number of methoxy groups -OCH3 is 1. The van der Waals surface area contributed by atoms with Crippen LogP contribution in [0.5, 0.6) is 0 Å². The highest BCUT2D eigenvalue weighted by molar-refractivity contribution is 5.99. The van der Waals surface area contributed by atoms with E-state index in [0.29, 0.717) is 61.2 Å². The van der Waals surface area contributed by atoms with E-state index in [0.717, 1.165) is 22.0 Å². The second-order valence-corrected chi connectivity index (χ2v) is 8.86. The fourth-order valence-corrected chi connectivity index (χ4v) is 4.87. The zero-order valence-corrected chi connectivity index (χ0v) is 19.8. The molecule has 0 saturated carbocycles. The number of aromatic nitrogens is 2. The molecule has 4 heterocycles. The number of aryl methyl sites for hydroxylation is 1. The van der Waals surface area contributed by atoms with Gasteiger partial charge in [-0.1, -0.05) is 0 Å². The van der Waals surface area contributed by atoms with Gasteiger partial charge in [0, 0.05) is 30.2 Å². The van der Waals surface area contributed by atoms with Gasteiger partial charge in [-0.05, 0) is 49.2 Å². The number of carbonyl (C=O) groups excluding carboxylic acids is 1. The van der Waals surface area contributed by atoms with Crippen molar-refractivity contribution in [2.24, 2.45) is 0 Å². The van der Waals surface area contributed by atoms with Gasteiger partial charge in [-0.25, -0.2) is 4.98 Å². The molecule has 5 rings (SSSR count). The fraction of sp³-hybridized carbons (Fsp3) is 0.385. The number of fused-ring (bicyclic) bond motifs is 3. The smallest absolute Gasteiger partial charge is 0.254 e. The maximum atomic E-state index is 14.0. The van der Waals surface area contributed by atoms with E-state index < -0.39 is 0 Å². The molecule has 2 atom stereocenters. The Balaban J connectivity index is 1.54. The molecular weight excluding hydrogens is 446 g/mol. The minimum atomic E-state index is -0.284. The number of benzene rings is 1. The second kappa shape index (κ2) is 9.58. The number of ether oxygens (including phenoxy) is 3. The van der Waals surface area contributed by atoms with Gasteiger partial charge in [0.2, 0.25) is 0 Å². The number of amides is 1. The van der Waals surface area contributed by atoms with E-state index in [-0.39, 0.29) is 24.6 Å². The summed E-state index contributed by atoms with van der Waals surface area (Å²) in [5.74, 6) is 0.313. The normalized spacial score (nSPS) is 19.3. The van der Waals surface area contributed by atoms with Gasteiger partial charge in [0.05, 0.1) is 61.0 Å². The monoisotopic (exact) mass is 473 g/mol. The number of anilines is 1. The number of rotatable bonds is 5. The van der Waals surface area contributed by atoms with Gasteiger partial charge in [-0.3, -0.25) is 9.78 Å². The summed E-state index contributed by atoms with van der Waals surface area (Å²) in [6.07, 6.45) is 0.531. The van der Waals surface area contributed by atoms with E-state index in [2.05, 4.69) is 16.0 Å². The third-order valence-electron chi connectivity index (χ3n) is 6.80. The van der Waals surface area contributed by atoms with Crippen molar-refractivity contribution in [3.8, 4) is 6.07 Å². The molecule has 1 fully saturated rings. The van der Waals surface area contributed by atoms with E-state index in [9.17, 15) is 10.1 Å². The first-order valence-corrected chi connectivity index (χ1v) is 11.6. The topological polar surface area (TPSA) is 124 Å². The number of hydrogen-bond donors (Lipinski definition) is 1. The standard InChI is InChI=1S/C26H27N5O4/c1-15-17(10-27)3-5-18(29-15)11-31(23-14-34-8-7-24(23)33-2)26(32)16-4-6-22-19(9-16)20-12-35-13-21(20)25(28)30-22/h3-6,9,23-24H,7-8,11-14H2,1-2H3,(H2,28,30)/t23-,24-/m1/s1. The van der Waals surface area contributed by atoms with Crippen LogP contribution in [0.3, 0.4) is 0 Å². The Morgan fingerprint density at radius 2 is 2.06 bits per heavy atom. The third-order valence-corrected chi connectivity index (χ3v) is 6.80. The number of nitrogens with two attached hydrogens (primary N) is 1. The van der Waals surface area contributed by atoms with Crippen LogP contribution in [0.15, 0.2) is 30.3 Å². The molecule has 1 amide bonds. The first-order valence-electron chi connectivity index (χ1n) is 11.6. The van der Waals surface area contributed by atoms with Crippen LogP contribution in [-0.2, 0) is 34.0 Å². The van der Waals surface area contributed by atoms with Gasteiger partial charge in [-0.2, -0.15) is 5.26 Å². The van der Waals surface area contributed by atoms with Crippen molar-refractivity contribution in [3.63, 3.8) is 0 Å². The molecule has 180 valence electrons. The molecule has 35 heavy (non-hydrogen) atoms. The van der Waals surface area contributed by atoms with Crippen molar-refractivity contribution in [2.75, 3.05) is 26.1 Å². The molecule has 0 spiro atoms. The minimum Gasteiger partial charge on any atom is -0.383 e. The Hall–Kier alpha value is -3.58. The molecule has 9 heteroatoms. The lowest BCUT2D eigenvalue weighted by molar-refractivity contribution is -0.0715. The molecule has 0 aliphatic carbocycles. The zero-order valence-electron chi connectivity index (χ0n) is 19.8. The number of nitriles is 1. The number of carbonyl (C=O) groups is 1. The van der Waals surface area contributed by atoms with E-state index in [4.69, 9.17) is 19.9 Å². The average Bonchev–Trinajstić information content (AvgIpc) is 3.38. The van der Waals surface area contributed by atoms with Crippen LogP contribution in [-0.4, -0.2) is 53.2 Å². The number of nitrogen functional groups attached to an aromatic ring is 1. The SMILES string of the molecule is CO[C@@H]1CCOC[C@H]1N(Cc1ccc(C#N)c(C)n1)C(=O)c1ccc2nc(N)c3c(c2c1)COC3. The zero-order chi connectivity index (χ0) is 24.5. The lowest BCUT2D eigenvalue weighted by Gasteiger charge is -2.39. The largest absolute Gasteiger partial charge is 0.383 e. The highest BCUT2D eigenvalue weighted by atomic mass is 16.5. The van der Waals surface area contributed by atoms with Crippen molar-refractivity contribution >= 4 is 22.6 Å². The van der Waals surface area contributed by atoms with Gasteiger partial charge in [0.15, 0.2) is 0 Å². The maximum Gasteiger partial charge on any atom is 0.254 e. The molecular formula is C26H27N5O4. The van der Waals surface area contributed by atoms with Crippen LogP contribution < -0.4 is 5.73 Å². The van der Waals surface area contributed by atoms with Crippen LogP contribution in [0.2, 0.25) is 0 Å². The highest BCUT2D eigenvalue weighted by Crippen LogP contribution is 2.32. The molecule has 0 radical (unpaired) electrons. The summed E-state index contributed by atoms with van der Waals surface area (Å²) in [6.45, 7) is 3.87. The van der Waals surface area contributed by atoms with Gasteiger partial charge < -0.3 is 24.8 Å². The quantitative estimate of drug-likeness (QED) is 0.600. The van der Waals surface area contributed by atoms with Crippen LogP contribution in [0.1, 0.15) is 44.9 Å². The van der Waals surface area contributed by atoms with Crippen LogP contribution in [0, 0.1) is 18.3 Å². The number of pyridine rings is 2. The molecule has 0 unspecified atom stereocenters. The van der Waals surface area contributed by atoms with E-state index in [1.54, 1.807) is 37.1 Å². The number of hydrogen-bond acceptors (Lipinski definition) is 8. The molecule has 9 nitrogen and oxygen atoms in total. The summed E-state index contributed by atoms with van der Waals surface area (Å²) >= 11 is 0. The Kier molecular flexibility index (Phi) is 6.34. The van der Waals surface area contributed by atoms with E-state index in [1.807, 2.05) is 12.1 Å². The van der Waals surface area contributed by atoms with Crippen molar-refractivity contribution in [1.82, 2.24) is 14.9 Å². The first kappa shape index (κ1) is 23.2. The summed E-state index contributed by atoms with van der Waals surface area (Å²) in [7, 11) is 1.66. The summed E-state index contributed by atoms with van der Waals surface area (Å²) in [5.41, 5.74) is 11.1. The molecule has 3 aromatic rings. The number of nitrogens with zero attached hydrogens (tertiary/aromatic N) is 4. The van der Waals surface area contributed by atoms with Gasteiger partial charge in [-0.15, -0.1) is 0 Å². The Bertz CT molecular complexity index is 1340. The van der Waals surface area contributed by atoms with Crippen molar-refractivity contribution in [3.05, 3.63) is 64.0 Å². The first-order chi connectivity index (χ1) is 17.0. The molecule has 2 aromatic heterocycles.